The molecule has 0 radical (unpaired) electrons. The summed E-state index contributed by atoms with van der Waals surface area (Å²) in [6.07, 6.45) is 22.9. The zero-order valence-electron chi connectivity index (χ0n) is 19.5. The van der Waals surface area contributed by atoms with Crippen LogP contribution < -0.4 is 0 Å². The van der Waals surface area contributed by atoms with Crippen LogP contribution in [0.2, 0.25) is 0 Å². The van der Waals surface area contributed by atoms with Crippen molar-refractivity contribution in [2.24, 2.45) is 0 Å². The molecule has 1 heterocycles. The Morgan fingerprint density at radius 2 is 1.34 bits per heavy atom. The number of carbonyl (C=O) groups excluding carboxylic acids is 1. The molecule has 29 heavy (non-hydrogen) atoms. The minimum absolute atomic E-state index is 0.0536. The summed E-state index contributed by atoms with van der Waals surface area (Å²) in [6.45, 7) is 6.64. The highest BCUT2D eigenvalue weighted by Gasteiger charge is 2.28. The van der Waals surface area contributed by atoms with Gasteiger partial charge in [0.25, 0.3) is 0 Å². The molecule has 0 aliphatic carbocycles. The lowest BCUT2D eigenvalue weighted by Crippen LogP contribution is -2.54. The molecule has 1 rings (SSSR count). The van der Waals surface area contributed by atoms with E-state index in [1.807, 2.05) is 0 Å². The maximum atomic E-state index is 12.0. The number of carbonyl (C=O) groups is 1. The second-order valence-corrected chi connectivity index (χ2v) is 9.00. The summed E-state index contributed by atoms with van der Waals surface area (Å²) in [7, 11) is 2.12. The van der Waals surface area contributed by atoms with E-state index in [1.54, 1.807) is 0 Å². The number of unbranched alkanes of at least 4 members (excludes halogenated alkanes) is 12. The first kappa shape index (κ1) is 26.2. The van der Waals surface area contributed by atoms with Crippen LogP contribution in [0.3, 0.4) is 0 Å². The molecule has 1 aliphatic rings. The highest BCUT2D eigenvalue weighted by molar-refractivity contribution is 5.70. The fraction of sp³-hybridized carbons (Fsp3) is 0.880. The molecule has 0 aromatic heterocycles. The number of likely N-dealkylation sites (N-methyl/N-ethyl adjacent to an activating group) is 1. The van der Waals surface area contributed by atoms with Gasteiger partial charge in [0.15, 0.2) is 6.54 Å². The van der Waals surface area contributed by atoms with Crippen molar-refractivity contribution < 1.29 is 18.8 Å². The van der Waals surface area contributed by atoms with Crippen molar-refractivity contribution in [2.45, 2.75) is 96.8 Å². The summed E-state index contributed by atoms with van der Waals surface area (Å²) in [5.41, 5.74) is 0. The number of allylic oxidation sites excluding steroid dienone is 2. The summed E-state index contributed by atoms with van der Waals surface area (Å²) in [4.78, 5) is 12.0. The van der Waals surface area contributed by atoms with Gasteiger partial charge in [-0.2, -0.15) is 0 Å². The van der Waals surface area contributed by atoms with Crippen LogP contribution in [-0.2, 0) is 14.3 Å². The first-order valence-corrected chi connectivity index (χ1v) is 12.4. The summed E-state index contributed by atoms with van der Waals surface area (Å²) in [5.74, 6) is -0.0536. The van der Waals surface area contributed by atoms with Crippen molar-refractivity contribution in [3.8, 4) is 0 Å². The van der Waals surface area contributed by atoms with Gasteiger partial charge in [-0.1, -0.05) is 76.9 Å². The third-order valence-electron chi connectivity index (χ3n) is 5.98. The van der Waals surface area contributed by atoms with Gasteiger partial charge in [0, 0.05) is 0 Å². The van der Waals surface area contributed by atoms with E-state index < -0.39 is 0 Å². The van der Waals surface area contributed by atoms with Crippen LogP contribution >= 0.6 is 0 Å². The summed E-state index contributed by atoms with van der Waals surface area (Å²) >= 11 is 0. The molecule has 1 saturated heterocycles. The number of quaternary nitrogens is 1. The molecule has 1 fully saturated rings. The molecule has 0 spiro atoms. The van der Waals surface area contributed by atoms with E-state index in [2.05, 4.69) is 26.1 Å². The van der Waals surface area contributed by atoms with Gasteiger partial charge >= 0.3 is 5.97 Å². The molecule has 0 amide bonds. The van der Waals surface area contributed by atoms with E-state index >= 15 is 0 Å². The van der Waals surface area contributed by atoms with Crippen molar-refractivity contribution >= 4 is 5.97 Å². The van der Waals surface area contributed by atoms with Gasteiger partial charge in [-0.25, -0.2) is 4.79 Å². The fourth-order valence-corrected chi connectivity index (χ4v) is 3.83. The molecule has 4 heteroatoms. The Morgan fingerprint density at radius 3 is 1.93 bits per heavy atom. The number of hydrogen-bond donors (Lipinski definition) is 0. The van der Waals surface area contributed by atoms with E-state index in [1.165, 1.54) is 83.5 Å². The number of morpholine rings is 1. The third-order valence-corrected chi connectivity index (χ3v) is 5.98. The molecule has 4 nitrogen and oxygen atoms in total. The molecule has 0 saturated carbocycles. The lowest BCUT2D eigenvalue weighted by molar-refractivity contribution is -0.910. The van der Waals surface area contributed by atoms with Crippen LogP contribution in [0.25, 0.3) is 0 Å². The highest BCUT2D eigenvalue weighted by Crippen LogP contribution is 2.11. The minimum atomic E-state index is -0.0536. The van der Waals surface area contributed by atoms with Crippen molar-refractivity contribution in [1.82, 2.24) is 0 Å². The second-order valence-electron chi connectivity index (χ2n) is 9.00. The average Bonchev–Trinajstić information content (AvgIpc) is 2.70. The van der Waals surface area contributed by atoms with Crippen LogP contribution in [-0.4, -0.2) is 57.0 Å². The smallest absolute Gasteiger partial charge is 0.361 e. The molecule has 0 aromatic carbocycles. The molecule has 170 valence electrons. The summed E-state index contributed by atoms with van der Waals surface area (Å²) in [5, 5.41) is 0. The van der Waals surface area contributed by atoms with E-state index in [-0.39, 0.29) is 5.97 Å². The maximum absolute atomic E-state index is 12.0. The first-order chi connectivity index (χ1) is 14.2. The number of nitrogens with zero attached hydrogens (tertiary/aromatic N) is 1. The van der Waals surface area contributed by atoms with E-state index in [9.17, 15) is 4.79 Å². The van der Waals surface area contributed by atoms with Crippen molar-refractivity contribution in [2.75, 3.05) is 46.5 Å². The fourth-order valence-electron chi connectivity index (χ4n) is 3.83. The number of esters is 1. The zero-order chi connectivity index (χ0) is 21.0. The Balaban J connectivity index is 1.80. The maximum Gasteiger partial charge on any atom is 0.361 e. The monoisotopic (exact) mass is 410 g/mol. The normalized spacial score (nSPS) is 16.3. The van der Waals surface area contributed by atoms with Crippen LogP contribution in [0.5, 0.6) is 0 Å². The number of ether oxygens (including phenoxy) is 2. The van der Waals surface area contributed by atoms with Gasteiger partial charge in [0.2, 0.25) is 0 Å². The predicted molar refractivity (Wildman–Crippen MR) is 122 cm³/mol. The average molecular weight is 411 g/mol. The van der Waals surface area contributed by atoms with Crippen LogP contribution in [0.1, 0.15) is 96.8 Å². The molecule has 0 unspecified atom stereocenters. The van der Waals surface area contributed by atoms with Crippen molar-refractivity contribution in [3.05, 3.63) is 12.2 Å². The molecular weight excluding hydrogens is 362 g/mol. The number of rotatable bonds is 18. The van der Waals surface area contributed by atoms with Gasteiger partial charge in [0.1, 0.15) is 13.1 Å². The zero-order valence-corrected chi connectivity index (χ0v) is 19.5. The van der Waals surface area contributed by atoms with Crippen molar-refractivity contribution in [3.63, 3.8) is 0 Å². The molecule has 1 aliphatic heterocycles. The van der Waals surface area contributed by atoms with Crippen LogP contribution in [0, 0.1) is 0 Å². The molecule has 0 atom stereocenters. The highest BCUT2D eigenvalue weighted by atomic mass is 16.5. The van der Waals surface area contributed by atoms with Gasteiger partial charge in [-0.05, 0) is 32.1 Å². The Hall–Kier alpha value is -0.870. The van der Waals surface area contributed by atoms with E-state index in [0.29, 0.717) is 13.2 Å². The predicted octanol–water partition coefficient (Wildman–Crippen LogP) is 6.04. The molecule has 0 N–H and O–H groups in total. The molecular formula is C25H48NO3+. The van der Waals surface area contributed by atoms with Crippen molar-refractivity contribution in [1.29, 1.82) is 0 Å². The van der Waals surface area contributed by atoms with Gasteiger partial charge < -0.3 is 14.0 Å². The minimum Gasteiger partial charge on any atom is -0.462 e. The lowest BCUT2D eigenvalue weighted by Gasteiger charge is -2.36. The summed E-state index contributed by atoms with van der Waals surface area (Å²) < 4.78 is 11.6. The van der Waals surface area contributed by atoms with E-state index in [0.717, 1.165) is 37.2 Å². The van der Waals surface area contributed by atoms with Gasteiger partial charge in [-0.15, -0.1) is 0 Å². The molecule has 0 bridgehead atoms. The summed E-state index contributed by atoms with van der Waals surface area (Å²) in [6, 6.07) is 0. The van der Waals surface area contributed by atoms with Gasteiger partial charge in [-0.3, -0.25) is 0 Å². The molecule has 0 aromatic rings. The quantitative estimate of drug-likeness (QED) is 0.119. The van der Waals surface area contributed by atoms with E-state index in [4.69, 9.17) is 9.47 Å². The Morgan fingerprint density at radius 1 is 0.828 bits per heavy atom. The third kappa shape index (κ3) is 15.6. The standard InChI is InChI=1S/C25H48NO3/c1-3-4-5-6-7-8-9-10-11-12-13-14-15-16-17-18-21-29-25(27)24-26(2)19-22-28-23-20-26/h10-11H,3-9,12-24H2,1-2H3/q+1/b11-10-. The Kier molecular flexibility index (Phi) is 16.2. The second kappa shape index (κ2) is 17.9. The SMILES string of the molecule is CCCCCCCC/C=C\CCCCCCCCOC(=O)C[N+]1(C)CCOCC1. The van der Waals surface area contributed by atoms with Crippen LogP contribution in [0.15, 0.2) is 12.2 Å². The van der Waals surface area contributed by atoms with Gasteiger partial charge in [0.05, 0.1) is 26.9 Å². The number of hydrogen-bond acceptors (Lipinski definition) is 3. The largest absolute Gasteiger partial charge is 0.462 e. The Labute approximate surface area is 180 Å². The topological polar surface area (TPSA) is 35.5 Å². The Bertz CT molecular complexity index is 416. The first-order valence-electron chi connectivity index (χ1n) is 12.4. The van der Waals surface area contributed by atoms with Crippen LogP contribution in [0.4, 0.5) is 0 Å². The lowest BCUT2D eigenvalue weighted by atomic mass is 10.1.